The first-order chi connectivity index (χ1) is 9.08. The summed E-state index contributed by atoms with van der Waals surface area (Å²) in [4.78, 5) is 24.9. The molecule has 102 valence electrons. The molecule has 1 aromatic rings. The Morgan fingerprint density at radius 1 is 1.53 bits per heavy atom. The largest absolute Gasteiger partial charge is 0.351 e. The van der Waals surface area contributed by atoms with Gasteiger partial charge in [-0.15, -0.1) is 0 Å². The van der Waals surface area contributed by atoms with Crippen molar-refractivity contribution in [2.75, 3.05) is 11.4 Å². The lowest BCUT2D eigenvalue weighted by Crippen LogP contribution is -2.37. The highest BCUT2D eigenvalue weighted by atomic mass is 16.2. The van der Waals surface area contributed by atoms with E-state index in [0.717, 1.165) is 24.2 Å². The maximum Gasteiger partial charge on any atom is 0.236 e. The zero-order valence-corrected chi connectivity index (χ0v) is 11.1. The first-order valence-electron chi connectivity index (χ1n) is 6.50. The number of anilines is 1. The monoisotopic (exact) mass is 261 g/mol. The lowest BCUT2D eigenvalue weighted by molar-refractivity contribution is -0.122. The zero-order chi connectivity index (χ0) is 13.8. The number of nitrogens with one attached hydrogen (secondary N) is 1. The van der Waals surface area contributed by atoms with E-state index in [1.54, 1.807) is 11.8 Å². The Kier molecular flexibility index (Phi) is 4.16. The Hall–Kier alpha value is -1.88. The van der Waals surface area contributed by atoms with Gasteiger partial charge in [-0.1, -0.05) is 12.1 Å². The molecule has 0 bridgehead atoms. The molecule has 1 aliphatic heterocycles. The van der Waals surface area contributed by atoms with Crippen LogP contribution in [0.1, 0.15) is 25.3 Å². The third kappa shape index (κ3) is 3.32. The van der Waals surface area contributed by atoms with Crippen LogP contribution in [-0.4, -0.2) is 24.4 Å². The van der Waals surface area contributed by atoms with Crippen LogP contribution >= 0.6 is 0 Å². The van der Waals surface area contributed by atoms with Gasteiger partial charge in [-0.2, -0.15) is 0 Å². The Balaban J connectivity index is 2.03. The Bertz CT molecular complexity index is 485. The minimum Gasteiger partial charge on any atom is -0.351 e. The Morgan fingerprint density at radius 2 is 2.32 bits per heavy atom. The summed E-state index contributed by atoms with van der Waals surface area (Å²) in [6.45, 7) is 2.85. The van der Waals surface area contributed by atoms with Gasteiger partial charge in [0.1, 0.15) is 0 Å². The minimum absolute atomic E-state index is 0.164. The molecule has 5 nitrogen and oxygen atoms in total. The first-order valence-corrected chi connectivity index (χ1v) is 6.50. The molecule has 3 N–H and O–H groups in total. The zero-order valence-electron chi connectivity index (χ0n) is 11.1. The number of hydrogen-bond acceptors (Lipinski definition) is 3. The van der Waals surface area contributed by atoms with Gasteiger partial charge in [0.15, 0.2) is 0 Å². The molecule has 0 radical (unpaired) electrons. The Labute approximate surface area is 112 Å². The fraction of sp³-hybridized carbons (Fsp3) is 0.429. The number of carbonyl (C=O) groups is 2. The minimum atomic E-state index is -0.511. The number of amides is 2. The van der Waals surface area contributed by atoms with E-state index in [0.29, 0.717) is 13.0 Å². The normalized spacial score (nSPS) is 16.5. The number of nitrogens with zero attached hydrogens (tertiary/aromatic N) is 1. The SMILES string of the molecule is CC(N)C(=O)NCc1cccc(N2CCCC2=O)c1. The molecule has 1 fully saturated rings. The standard InChI is InChI=1S/C14H19N3O2/c1-10(15)14(19)16-9-11-4-2-5-12(8-11)17-7-3-6-13(17)18/h2,4-5,8,10H,3,6-7,9,15H2,1H3,(H,16,19). The van der Waals surface area contributed by atoms with Gasteiger partial charge >= 0.3 is 0 Å². The van der Waals surface area contributed by atoms with Crippen LogP contribution in [0, 0.1) is 0 Å². The van der Waals surface area contributed by atoms with Crippen LogP contribution in [0.25, 0.3) is 0 Å². The highest BCUT2D eigenvalue weighted by Gasteiger charge is 2.21. The molecule has 0 saturated carbocycles. The van der Waals surface area contributed by atoms with Crippen molar-refractivity contribution in [3.8, 4) is 0 Å². The summed E-state index contributed by atoms with van der Waals surface area (Å²) in [6.07, 6.45) is 1.52. The van der Waals surface area contributed by atoms with Crippen LogP contribution in [0.3, 0.4) is 0 Å². The van der Waals surface area contributed by atoms with Crippen LogP contribution in [0.4, 0.5) is 5.69 Å². The van der Waals surface area contributed by atoms with Crippen molar-refractivity contribution in [1.82, 2.24) is 5.32 Å². The lowest BCUT2D eigenvalue weighted by Gasteiger charge is -2.17. The van der Waals surface area contributed by atoms with Crippen molar-refractivity contribution < 1.29 is 9.59 Å². The van der Waals surface area contributed by atoms with Gasteiger partial charge in [-0.05, 0) is 31.0 Å². The second kappa shape index (κ2) is 5.84. The van der Waals surface area contributed by atoms with Gasteiger partial charge in [0.25, 0.3) is 0 Å². The van der Waals surface area contributed by atoms with Gasteiger partial charge in [0.05, 0.1) is 6.04 Å². The van der Waals surface area contributed by atoms with Crippen LogP contribution in [0.15, 0.2) is 24.3 Å². The van der Waals surface area contributed by atoms with Crippen molar-refractivity contribution in [2.45, 2.75) is 32.4 Å². The maximum absolute atomic E-state index is 11.7. The molecule has 2 amide bonds. The molecule has 1 heterocycles. The summed E-state index contributed by atoms with van der Waals surface area (Å²) >= 11 is 0. The van der Waals surface area contributed by atoms with Gasteiger partial charge in [0, 0.05) is 25.2 Å². The van der Waals surface area contributed by atoms with Gasteiger partial charge in [-0.3, -0.25) is 9.59 Å². The second-order valence-electron chi connectivity index (χ2n) is 4.83. The molecule has 0 spiro atoms. The number of carbonyl (C=O) groups excluding carboxylic acids is 2. The highest BCUT2D eigenvalue weighted by molar-refractivity contribution is 5.95. The summed E-state index contributed by atoms with van der Waals surface area (Å²) in [5.41, 5.74) is 7.35. The van der Waals surface area contributed by atoms with E-state index < -0.39 is 6.04 Å². The van der Waals surface area contributed by atoms with E-state index >= 15 is 0 Å². The van der Waals surface area contributed by atoms with Crippen molar-refractivity contribution in [3.05, 3.63) is 29.8 Å². The summed E-state index contributed by atoms with van der Waals surface area (Å²) in [5.74, 6) is -0.0144. The van der Waals surface area contributed by atoms with Gasteiger partial charge in [0.2, 0.25) is 11.8 Å². The number of rotatable bonds is 4. The number of benzene rings is 1. The summed E-state index contributed by atoms with van der Waals surface area (Å²) < 4.78 is 0. The van der Waals surface area contributed by atoms with Gasteiger partial charge in [-0.25, -0.2) is 0 Å². The van der Waals surface area contributed by atoms with Crippen molar-refractivity contribution >= 4 is 17.5 Å². The molecule has 1 saturated heterocycles. The summed E-state index contributed by atoms with van der Waals surface area (Å²) in [7, 11) is 0. The first kappa shape index (κ1) is 13.5. The summed E-state index contributed by atoms with van der Waals surface area (Å²) in [5, 5.41) is 2.76. The van der Waals surface area contributed by atoms with E-state index in [2.05, 4.69) is 5.32 Å². The van der Waals surface area contributed by atoms with Crippen LogP contribution in [-0.2, 0) is 16.1 Å². The Morgan fingerprint density at radius 3 is 2.95 bits per heavy atom. The average molecular weight is 261 g/mol. The predicted octanol–water partition coefficient (Wildman–Crippen LogP) is 0.777. The van der Waals surface area contributed by atoms with Crippen molar-refractivity contribution in [3.63, 3.8) is 0 Å². The maximum atomic E-state index is 11.7. The van der Waals surface area contributed by atoms with Crippen LogP contribution in [0.5, 0.6) is 0 Å². The van der Waals surface area contributed by atoms with Crippen molar-refractivity contribution in [1.29, 1.82) is 0 Å². The highest BCUT2D eigenvalue weighted by Crippen LogP contribution is 2.22. The average Bonchev–Trinajstić information content (AvgIpc) is 2.82. The molecular weight excluding hydrogens is 242 g/mol. The van der Waals surface area contributed by atoms with Gasteiger partial charge < -0.3 is 16.0 Å². The van der Waals surface area contributed by atoms with E-state index in [-0.39, 0.29) is 11.8 Å². The molecule has 1 aliphatic rings. The number of hydrogen-bond donors (Lipinski definition) is 2. The van der Waals surface area contributed by atoms with Crippen LogP contribution in [0.2, 0.25) is 0 Å². The predicted molar refractivity (Wildman–Crippen MR) is 73.5 cm³/mol. The number of nitrogens with two attached hydrogens (primary N) is 1. The molecule has 2 rings (SSSR count). The fourth-order valence-electron chi connectivity index (χ4n) is 2.11. The van der Waals surface area contributed by atoms with E-state index in [1.807, 2.05) is 24.3 Å². The molecule has 0 aliphatic carbocycles. The molecule has 0 aromatic heterocycles. The smallest absolute Gasteiger partial charge is 0.236 e. The van der Waals surface area contributed by atoms with Crippen LogP contribution < -0.4 is 16.0 Å². The molecule has 1 aromatic carbocycles. The molecule has 19 heavy (non-hydrogen) atoms. The summed E-state index contributed by atoms with van der Waals surface area (Å²) in [6, 6.07) is 7.16. The van der Waals surface area contributed by atoms with Crippen molar-refractivity contribution in [2.24, 2.45) is 5.73 Å². The topological polar surface area (TPSA) is 75.4 Å². The second-order valence-corrected chi connectivity index (χ2v) is 4.83. The van der Waals surface area contributed by atoms with E-state index in [4.69, 9.17) is 5.73 Å². The van der Waals surface area contributed by atoms with E-state index in [1.165, 1.54) is 0 Å². The molecule has 1 unspecified atom stereocenters. The lowest BCUT2D eigenvalue weighted by atomic mass is 10.2. The third-order valence-corrected chi connectivity index (χ3v) is 3.18. The third-order valence-electron chi connectivity index (χ3n) is 3.18. The molecule has 5 heteroatoms. The molecule has 1 atom stereocenters. The quantitative estimate of drug-likeness (QED) is 0.841. The van der Waals surface area contributed by atoms with E-state index in [9.17, 15) is 9.59 Å². The molecular formula is C14H19N3O2. The fourth-order valence-corrected chi connectivity index (χ4v) is 2.11.